The van der Waals surface area contributed by atoms with Gasteiger partial charge in [0.2, 0.25) is 0 Å². The summed E-state index contributed by atoms with van der Waals surface area (Å²) in [7, 11) is 6.11. The van der Waals surface area contributed by atoms with Crippen LogP contribution < -0.4 is 10.6 Å². The van der Waals surface area contributed by atoms with Crippen LogP contribution in [0.3, 0.4) is 0 Å². The molecule has 1 atom stereocenters. The highest BCUT2D eigenvalue weighted by Crippen LogP contribution is 2.17. The first-order valence-corrected chi connectivity index (χ1v) is 10.2. The molecule has 28 heavy (non-hydrogen) atoms. The fraction of sp³-hybridized carbons (Fsp3) is 0.800. The van der Waals surface area contributed by atoms with Gasteiger partial charge in [0.1, 0.15) is 0 Å². The number of aliphatic imine (C=N–C) groups is 1. The first kappa shape index (κ1) is 27.1. The van der Waals surface area contributed by atoms with E-state index in [0.29, 0.717) is 18.6 Å². The molecule has 0 bridgehead atoms. The lowest BCUT2D eigenvalue weighted by Crippen LogP contribution is -2.41. The predicted molar refractivity (Wildman–Crippen MR) is 131 cm³/mol. The van der Waals surface area contributed by atoms with Gasteiger partial charge in [0.05, 0.1) is 18.8 Å². The van der Waals surface area contributed by atoms with Gasteiger partial charge in [-0.1, -0.05) is 0 Å². The first-order chi connectivity index (χ1) is 12.8. The summed E-state index contributed by atoms with van der Waals surface area (Å²) in [5.74, 6) is 0.883. The van der Waals surface area contributed by atoms with Gasteiger partial charge in [-0.15, -0.1) is 24.0 Å². The largest absolute Gasteiger partial charge is 0.357 e. The third-order valence-corrected chi connectivity index (χ3v) is 4.71. The van der Waals surface area contributed by atoms with Crippen molar-refractivity contribution in [2.75, 3.05) is 40.3 Å². The predicted octanol–water partition coefficient (Wildman–Crippen LogP) is 2.70. The van der Waals surface area contributed by atoms with Crippen molar-refractivity contribution in [2.45, 2.75) is 59.2 Å². The molecule has 0 saturated carbocycles. The third-order valence-electron chi connectivity index (χ3n) is 4.71. The number of likely N-dealkylation sites (N-methyl/N-ethyl adjacent to an activating group) is 1. The van der Waals surface area contributed by atoms with Gasteiger partial charge < -0.3 is 15.5 Å². The Morgan fingerprint density at radius 3 is 2.29 bits per heavy atom. The van der Waals surface area contributed by atoms with E-state index in [0.717, 1.165) is 32.0 Å². The summed E-state index contributed by atoms with van der Waals surface area (Å²) < 4.78 is 1.84. The number of nitrogens with one attached hydrogen (secondary N) is 2. The minimum atomic E-state index is 0. The average molecular weight is 508 g/mol. The molecule has 2 N–H and O–H groups in total. The number of rotatable bonds is 11. The summed E-state index contributed by atoms with van der Waals surface area (Å²) in [6, 6.07) is 1.37. The van der Waals surface area contributed by atoms with Crippen molar-refractivity contribution in [1.29, 1.82) is 0 Å². The smallest absolute Gasteiger partial charge is 0.191 e. The van der Waals surface area contributed by atoms with Crippen molar-refractivity contribution in [3.05, 3.63) is 18.0 Å². The zero-order valence-electron chi connectivity index (χ0n) is 19.1. The zero-order valence-corrected chi connectivity index (χ0v) is 21.4. The molecule has 0 radical (unpaired) electrons. The molecule has 1 rings (SSSR count). The number of guanidine groups is 1. The van der Waals surface area contributed by atoms with Crippen LogP contribution in [-0.2, 0) is 7.05 Å². The standard InChI is InChI=1S/C20H41N7.HI/c1-9-21-20(22-11-10-12-27(16(2)3)17(4)5)23-14-19(25(6)7)18-13-24-26(8)15-18;/h13,15-17,19H,9-12,14H2,1-8H3,(H2,21,22,23);1H. The molecule has 164 valence electrons. The molecule has 0 saturated heterocycles. The van der Waals surface area contributed by atoms with Gasteiger partial charge in [-0.3, -0.25) is 14.6 Å². The number of aromatic nitrogens is 2. The summed E-state index contributed by atoms with van der Waals surface area (Å²) >= 11 is 0. The minimum absolute atomic E-state index is 0. The maximum atomic E-state index is 4.81. The molecule has 0 aliphatic heterocycles. The molecule has 0 aliphatic rings. The lowest BCUT2D eigenvalue weighted by Gasteiger charge is -2.30. The van der Waals surface area contributed by atoms with Gasteiger partial charge in [-0.2, -0.15) is 5.10 Å². The average Bonchev–Trinajstić information content (AvgIpc) is 2.99. The number of hydrogen-bond donors (Lipinski definition) is 2. The Balaban J connectivity index is 0.00000729. The number of halogens is 1. The minimum Gasteiger partial charge on any atom is -0.357 e. The second kappa shape index (κ2) is 14.2. The molecule has 0 fully saturated rings. The molecular weight excluding hydrogens is 465 g/mol. The van der Waals surface area contributed by atoms with Crippen LogP contribution in [-0.4, -0.2) is 77.9 Å². The van der Waals surface area contributed by atoms with E-state index in [2.05, 4.69) is 80.4 Å². The quantitative estimate of drug-likeness (QED) is 0.209. The van der Waals surface area contributed by atoms with Gasteiger partial charge in [0, 0.05) is 50.5 Å². The van der Waals surface area contributed by atoms with Crippen LogP contribution in [0.25, 0.3) is 0 Å². The van der Waals surface area contributed by atoms with E-state index in [1.54, 1.807) is 0 Å². The van der Waals surface area contributed by atoms with E-state index in [9.17, 15) is 0 Å². The summed E-state index contributed by atoms with van der Waals surface area (Å²) in [5.41, 5.74) is 1.19. The Hall–Kier alpha value is -0.870. The monoisotopic (exact) mass is 507 g/mol. The van der Waals surface area contributed by atoms with Crippen LogP contribution >= 0.6 is 24.0 Å². The second-order valence-corrected chi connectivity index (χ2v) is 7.85. The van der Waals surface area contributed by atoms with Crippen LogP contribution in [0.15, 0.2) is 17.4 Å². The van der Waals surface area contributed by atoms with Crippen molar-refractivity contribution in [2.24, 2.45) is 12.0 Å². The highest BCUT2D eigenvalue weighted by molar-refractivity contribution is 14.0. The second-order valence-electron chi connectivity index (χ2n) is 7.85. The Labute approximate surface area is 189 Å². The SMILES string of the molecule is CCNC(=NCC(c1cnn(C)c1)N(C)C)NCCCN(C(C)C)C(C)C.I. The van der Waals surface area contributed by atoms with Crippen molar-refractivity contribution < 1.29 is 0 Å². The maximum Gasteiger partial charge on any atom is 0.191 e. The molecule has 0 spiro atoms. The van der Waals surface area contributed by atoms with Crippen molar-refractivity contribution >= 4 is 29.9 Å². The topological polar surface area (TPSA) is 60.7 Å². The van der Waals surface area contributed by atoms with E-state index in [1.807, 2.05) is 17.9 Å². The van der Waals surface area contributed by atoms with Gasteiger partial charge in [0.25, 0.3) is 0 Å². The Morgan fingerprint density at radius 2 is 1.82 bits per heavy atom. The molecule has 1 aromatic heterocycles. The van der Waals surface area contributed by atoms with Gasteiger partial charge >= 0.3 is 0 Å². The van der Waals surface area contributed by atoms with Crippen LogP contribution in [0, 0.1) is 0 Å². The summed E-state index contributed by atoms with van der Waals surface area (Å²) in [4.78, 5) is 9.52. The van der Waals surface area contributed by atoms with Crippen molar-refractivity contribution in [3.63, 3.8) is 0 Å². The summed E-state index contributed by atoms with van der Waals surface area (Å²) in [5, 5.41) is 11.1. The van der Waals surface area contributed by atoms with Gasteiger partial charge in [-0.05, 0) is 55.1 Å². The highest BCUT2D eigenvalue weighted by atomic mass is 127. The van der Waals surface area contributed by atoms with Crippen LogP contribution in [0.5, 0.6) is 0 Å². The van der Waals surface area contributed by atoms with E-state index < -0.39 is 0 Å². The number of hydrogen-bond acceptors (Lipinski definition) is 4. The van der Waals surface area contributed by atoms with E-state index >= 15 is 0 Å². The van der Waals surface area contributed by atoms with E-state index in [4.69, 9.17) is 4.99 Å². The normalized spacial score (nSPS) is 13.4. The van der Waals surface area contributed by atoms with E-state index in [-0.39, 0.29) is 30.0 Å². The van der Waals surface area contributed by atoms with Crippen molar-refractivity contribution in [1.82, 2.24) is 30.2 Å². The van der Waals surface area contributed by atoms with Crippen LogP contribution in [0.2, 0.25) is 0 Å². The lowest BCUT2D eigenvalue weighted by atomic mass is 10.1. The van der Waals surface area contributed by atoms with Gasteiger partial charge in [0.15, 0.2) is 5.96 Å². The Kier molecular flexibility index (Phi) is 13.7. The molecule has 0 aromatic carbocycles. The Morgan fingerprint density at radius 1 is 1.18 bits per heavy atom. The molecule has 1 heterocycles. The fourth-order valence-electron chi connectivity index (χ4n) is 3.28. The molecule has 0 amide bonds. The highest BCUT2D eigenvalue weighted by Gasteiger charge is 2.16. The lowest BCUT2D eigenvalue weighted by molar-refractivity contribution is 0.173. The Bertz CT molecular complexity index is 547. The number of aryl methyl sites for hydroxylation is 1. The zero-order chi connectivity index (χ0) is 20.4. The molecule has 0 aliphatic carbocycles. The third kappa shape index (κ3) is 9.56. The van der Waals surface area contributed by atoms with E-state index in [1.165, 1.54) is 5.56 Å². The van der Waals surface area contributed by atoms with Gasteiger partial charge in [-0.25, -0.2) is 0 Å². The fourth-order valence-corrected chi connectivity index (χ4v) is 3.28. The maximum absolute atomic E-state index is 4.81. The molecule has 8 heteroatoms. The van der Waals surface area contributed by atoms with Crippen LogP contribution in [0.1, 0.15) is 52.6 Å². The summed E-state index contributed by atoms with van der Waals surface area (Å²) in [6.07, 6.45) is 5.08. The van der Waals surface area contributed by atoms with Crippen LogP contribution in [0.4, 0.5) is 0 Å². The van der Waals surface area contributed by atoms with Crippen molar-refractivity contribution in [3.8, 4) is 0 Å². The molecule has 1 aromatic rings. The summed E-state index contributed by atoms with van der Waals surface area (Å²) in [6.45, 7) is 14.7. The number of nitrogens with zero attached hydrogens (tertiary/aromatic N) is 5. The molecular formula is C20H42IN7. The molecule has 7 nitrogen and oxygen atoms in total. The first-order valence-electron chi connectivity index (χ1n) is 10.2. The molecule has 1 unspecified atom stereocenters.